The van der Waals surface area contributed by atoms with Crippen molar-refractivity contribution < 1.29 is 19.0 Å². The summed E-state index contributed by atoms with van der Waals surface area (Å²) < 4.78 is 17.7. The Morgan fingerprint density at radius 3 is 2.52 bits per heavy atom. The number of piperidine rings is 1. The van der Waals surface area contributed by atoms with Crippen LogP contribution >= 0.6 is 0 Å². The van der Waals surface area contributed by atoms with Crippen molar-refractivity contribution in [3.05, 3.63) is 48.3 Å². The number of ether oxygens (including phenoxy) is 3. The molecule has 1 atom stereocenters. The number of benzene rings is 1. The molecule has 0 spiro atoms. The van der Waals surface area contributed by atoms with Crippen LogP contribution in [0.25, 0.3) is 11.1 Å². The number of aromatic nitrogens is 1. The van der Waals surface area contributed by atoms with E-state index in [4.69, 9.17) is 14.2 Å². The molecule has 1 aromatic heterocycles. The first-order valence-electron chi connectivity index (χ1n) is 10.2. The van der Waals surface area contributed by atoms with E-state index in [2.05, 4.69) is 17.1 Å². The second-order valence-electron chi connectivity index (χ2n) is 8.66. The topological polar surface area (TPSA) is 60.9 Å². The maximum Gasteiger partial charge on any atom is 0.410 e. The van der Waals surface area contributed by atoms with Crippen molar-refractivity contribution in [2.45, 2.75) is 52.1 Å². The molecule has 6 nitrogen and oxygen atoms in total. The molecule has 154 valence electrons. The summed E-state index contributed by atoms with van der Waals surface area (Å²) in [5, 5.41) is 0. The molecule has 0 radical (unpaired) electrons. The van der Waals surface area contributed by atoms with Gasteiger partial charge in [0.1, 0.15) is 11.4 Å². The van der Waals surface area contributed by atoms with Crippen molar-refractivity contribution in [2.24, 2.45) is 5.92 Å². The van der Waals surface area contributed by atoms with E-state index in [1.165, 1.54) is 0 Å². The highest BCUT2D eigenvalue weighted by atomic mass is 16.7. The molecule has 1 unspecified atom stereocenters. The molecule has 2 aliphatic heterocycles. The molecule has 1 fully saturated rings. The van der Waals surface area contributed by atoms with Crippen LogP contribution in [0, 0.1) is 5.92 Å². The Kier molecular flexibility index (Phi) is 5.46. The first kappa shape index (κ1) is 19.7. The van der Waals surface area contributed by atoms with Crippen LogP contribution in [0.3, 0.4) is 0 Å². The van der Waals surface area contributed by atoms with Gasteiger partial charge in [0, 0.05) is 37.0 Å². The summed E-state index contributed by atoms with van der Waals surface area (Å²) in [5.74, 6) is 1.15. The molecule has 29 heavy (non-hydrogen) atoms. The molecule has 2 aromatic rings. The lowest BCUT2D eigenvalue weighted by atomic mass is 9.95. The van der Waals surface area contributed by atoms with E-state index in [1.807, 2.05) is 39.0 Å². The summed E-state index contributed by atoms with van der Waals surface area (Å²) in [6, 6.07) is 10.2. The lowest BCUT2D eigenvalue weighted by molar-refractivity contribution is -0.149. The Hall–Kier alpha value is -2.60. The molecule has 6 heteroatoms. The van der Waals surface area contributed by atoms with Crippen LogP contribution in [-0.2, 0) is 16.1 Å². The number of rotatable bonds is 2. The Balaban J connectivity index is 1.36. The molecule has 4 rings (SSSR count). The van der Waals surface area contributed by atoms with E-state index < -0.39 is 5.60 Å². The maximum absolute atomic E-state index is 12.2. The average Bonchev–Trinajstić information content (AvgIpc) is 2.72. The average molecular weight is 396 g/mol. The zero-order valence-electron chi connectivity index (χ0n) is 17.3. The van der Waals surface area contributed by atoms with Gasteiger partial charge in [-0.25, -0.2) is 4.79 Å². The third kappa shape index (κ3) is 4.70. The molecule has 2 aliphatic rings. The van der Waals surface area contributed by atoms with E-state index in [0.717, 1.165) is 35.3 Å². The first-order valence-corrected chi connectivity index (χ1v) is 10.2. The summed E-state index contributed by atoms with van der Waals surface area (Å²) >= 11 is 0. The second kappa shape index (κ2) is 8.03. The molecule has 0 aliphatic carbocycles. The Labute approximate surface area is 171 Å². The largest absolute Gasteiger partial charge is 0.464 e. The number of hydrogen-bond acceptors (Lipinski definition) is 5. The predicted molar refractivity (Wildman–Crippen MR) is 109 cm³/mol. The number of amides is 1. The number of carbonyl (C=O) groups excluding carboxylic acids is 1. The Bertz CT molecular complexity index is 855. The van der Waals surface area contributed by atoms with Gasteiger partial charge in [0.2, 0.25) is 6.29 Å². The first-order chi connectivity index (χ1) is 13.9. The molecule has 0 N–H and O–H groups in total. The standard InChI is InChI=1S/C23H28N2O4/c1-23(2,3)29-22(26)25-12-8-17(9-13-25)21-27-15-19-14-18(4-5-20(19)28-21)16-6-10-24-11-7-16/h4-7,10-11,14,17,21H,8-9,12-13,15H2,1-3H3. The van der Waals surface area contributed by atoms with Gasteiger partial charge in [-0.15, -0.1) is 0 Å². The van der Waals surface area contributed by atoms with Gasteiger partial charge in [0.15, 0.2) is 0 Å². The number of hydrogen-bond donors (Lipinski definition) is 0. The van der Waals surface area contributed by atoms with Gasteiger partial charge in [-0.2, -0.15) is 0 Å². The summed E-state index contributed by atoms with van der Waals surface area (Å²) in [6.07, 6.45) is 4.76. The lowest BCUT2D eigenvalue weighted by Gasteiger charge is -2.38. The molecule has 0 saturated carbocycles. The third-order valence-electron chi connectivity index (χ3n) is 5.30. The van der Waals surface area contributed by atoms with E-state index in [0.29, 0.717) is 19.7 Å². The van der Waals surface area contributed by atoms with Crippen LogP contribution in [0.1, 0.15) is 39.2 Å². The van der Waals surface area contributed by atoms with Crippen LogP contribution in [0.2, 0.25) is 0 Å². The Morgan fingerprint density at radius 1 is 1.10 bits per heavy atom. The van der Waals surface area contributed by atoms with Crippen LogP contribution in [0.5, 0.6) is 5.75 Å². The highest BCUT2D eigenvalue weighted by Gasteiger charge is 2.34. The normalized spacial score (nSPS) is 20.0. The third-order valence-corrected chi connectivity index (χ3v) is 5.30. The van der Waals surface area contributed by atoms with Gasteiger partial charge in [0.05, 0.1) is 6.61 Å². The SMILES string of the molecule is CC(C)(C)OC(=O)N1CCC(C2OCc3cc(-c4ccncc4)ccc3O2)CC1. The minimum absolute atomic E-state index is 0.240. The van der Waals surface area contributed by atoms with E-state index in [9.17, 15) is 4.79 Å². The fourth-order valence-electron chi connectivity index (χ4n) is 3.78. The van der Waals surface area contributed by atoms with Crippen LogP contribution < -0.4 is 4.74 Å². The zero-order valence-corrected chi connectivity index (χ0v) is 17.3. The summed E-state index contributed by atoms with van der Waals surface area (Å²) in [7, 11) is 0. The fraction of sp³-hybridized carbons (Fsp3) is 0.478. The van der Waals surface area contributed by atoms with Gasteiger partial charge >= 0.3 is 6.09 Å². The zero-order chi connectivity index (χ0) is 20.4. The van der Waals surface area contributed by atoms with Gasteiger partial charge in [-0.05, 0) is 69.0 Å². The number of nitrogens with zero attached hydrogens (tertiary/aromatic N) is 2. The van der Waals surface area contributed by atoms with E-state index >= 15 is 0 Å². The number of likely N-dealkylation sites (tertiary alicyclic amines) is 1. The molecule has 1 saturated heterocycles. The van der Waals surface area contributed by atoms with Crippen LogP contribution in [0.15, 0.2) is 42.7 Å². The molecule has 1 aromatic carbocycles. The molecule has 3 heterocycles. The summed E-state index contributed by atoms with van der Waals surface area (Å²) in [6.45, 7) is 7.52. The van der Waals surface area contributed by atoms with Gasteiger partial charge in [-0.1, -0.05) is 6.07 Å². The number of fused-ring (bicyclic) bond motifs is 1. The molecular formula is C23H28N2O4. The maximum atomic E-state index is 12.2. The van der Waals surface area contributed by atoms with Crippen molar-refractivity contribution in [2.75, 3.05) is 13.1 Å². The van der Waals surface area contributed by atoms with Crippen molar-refractivity contribution in [3.63, 3.8) is 0 Å². The monoisotopic (exact) mass is 396 g/mol. The van der Waals surface area contributed by atoms with Crippen LogP contribution in [-0.4, -0.2) is 41.0 Å². The fourth-order valence-corrected chi connectivity index (χ4v) is 3.78. The van der Waals surface area contributed by atoms with Gasteiger partial charge < -0.3 is 19.1 Å². The smallest absolute Gasteiger partial charge is 0.410 e. The lowest BCUT2D eigenvalue weighted by Crippen LogP contribution is -2.45. The van der Waals surface area contributed by atoms with Crippen molar-refractivity contribution in [3.8, 4) is 16.9 Å². The molecule has 1 amide bonds. The van der Waals surface area contributed by atoms with Crippen LogP contribution in [0.4, 0.5) is 4.79 Å². The number of pyridine rings is 1. The van der Waals surface area contributed by atoms with Gasteiger partial charge in [-0.3, -0.25) is 4.98 Å². The second-order valence-corrected chi connectivity index (χ2v) is 8.66. The Morgan fingerprint density at radius 2 is 1.83 bits per heavy atom. The van der Waals surface area contributed by atoms with Crippen molar-refractivity contribution in [1.82, 2.24) is 9.88 Å². The minimum atomic E-state index is -0.470. The molecular weight excluding hydrogens is 368 g/mol. The highest BCUT2D eigenvalue weighted by molar-refractivity contribution is 5.68. The summed E-state index contributed by atoms with van der Waals surface area (Å²) in [4.78, 5) is 18.1. The predicted octanol–water partition coefficient (Wildman–Crippen LogP) is 4.63. The summed E-state index contributed by atoms with van der Waals surface area (Å²) in [5.41, 5.74) is 2.84. The van der Waals surface area contributed by atoms with Crippen molar-refractivity contribution in [1.29, 1.82) is 0 Å². The quantitative estimate of drug-likeness (QED) is 0.741. The highest BCUT2D eigenvalue weighted by Crippen LogP contribution is 2.35. The number of carbonyl (C=O) groups is 1. The van der Waals surface area contributed by atoms with E-state index in [-0.39, 0.29) is 18.3 Å². The van der Waals surface area contributed by atoms with Crippen molar-refractivity contribution >= 4 is 6.09 Å². The minimum Gasteiger partial charge on any atom is -0.464 e. The van der Waals surface area contributed by atoms with Gasteiger partial charge in [0.25, 0.3) is 0 Å². The van der Waals surface area contributed by atoms with E-state index in [1.54, 1.807) is 17.3 Å². The molecule has 0 bridgehead atoms.